The van der Waals surface area contributed by atoms with Crippen molar-refractivity contribution < 1.29 is 19.8 Å². The van der Waals surface area contributed by atoms with Gasteiger partial charge in [-0.25, -0.2) is 0 Å². The van der Waals surface area contributed by atoms with E-state index in [2.05, 4.69) is 0 Å². The average molecular weight is 217 g/mol. The Morgan fingerprint density at radius 3 is 2.00 bits per heavy atom. The predicted molar refractivity (Wildman–Crippen MR) is 55.5 cm³/mol. The predicted octanol–water partition coefficient (Wildman–Crippen LogP) is 1.07. The molecule has 15 heavy (non-hydrogen) atoms. The summed E-state index contributed by atoms with van der Waals surface area (Å²) < 4.78 is 0. The van der Waals surface area contributed by atoms with Gasteiger partial charge < -0.3 is 15.9 Å². The average Bonchev–Trinajstić information content (AvgIpc) is 2.17. The first-order valence-electron chi connectivity index (χ1n) is 5.11. The smallest absolute Gasteiger partial charge is 0.311 e. The quantitative estimate of drug-likeness (QED) is 0.592. The second-order valence-electron chi connectivity index (χ2n) is 3.71. The molecule has 1 unspecified atom stereocenters. The van der Waals surface area contributed by atoms with Gasteiger partial charge in [-0.1, -0.05) is 13.8 Å². The van der Waals surface area contributed by atoms with Crippen LogP contribution in [0.15, 0.2) is 0 Å². The Kier molecular flexibility index (Phi) is 5.28. The van der Waals surface area contributed by atoms with Crippen molar-refractivity contribution in [2.45, 2.75) is 45.6 Å². The number of hydrogen-bond acceptors (Lipinski definition) is 3. The van der Waals surface area contributed by atoms with Gasteiger partial charge in [0.05, 0.1) is 5.41 Å². The monoisotopic (exact) mass is 217 g/mol. The molecule has 0 amide bonds. The largest absolute Gasteiger partial charge is 0.481 e. The lowest BCUT2D eigenvalue weighted by Crippen LogP contribution is -2.47. The number of carboxylic acids is 2. The van der Waals surface area contributed by atoms with Crippen LogP contribution < -0.4 is 5.73 Å². The molecule has 0 aromatic carbocycles. The van der Waals surface area contributed by atoms with E-state index in [1.54, 1.807) is 13.8 Å². The normalized spacial score (nSPS) is 13.5. The van der Waals surface area contributed by atoms with Crippen LogP contribution in [0, 0.1) is 5.41 Å². The Hall–Kier alpha value is -1.10. The van der Waals surface area contributed by atoms with E-state index in [1.165, 1.54) is 0 Å². The van der Waals surface area contributed by atoms with E-state index in [4.69, 9.17) is 15.9 Å². The van der Waals surface area contributed by atoms with Crippen LogP contribution in [-0.2, 0) is 9.59 Å². The number of nitrogens with two attached hydrogens (primary N) is 1. The highest BCUT2D eigenvalue weighted by atomic mass is 16.4. The van der Waals surface area contributed by atoms with Gasteiger partial charge in [-0.2, -0.15) is 0 Å². The van der Waals surface area contributed by atoms with Crippen molar-refractivity contribution in [1.82, 2.24) is 0 Å². The standard InChI is InChI=1S/C10H19NO4/c1-3-10(4-2,9(14)15)7(11)5-6-8(12)13/h7H,3-6,11H2,1-2H3,(H,12,13)(H,14,15). The second-order valence-corrected chi connectivity index (χ2v) is 3.71. The first-order valence-corrected chi connectivity index (χ1v) is 5.11. The van der Waals surface area contributed by atoms with Crippen LogP contribution in [0.25, 0.3) is 0 Å². The zero-order chi connectivity index (χ0) is 12.1. The molecule has 5 heteroatoms. The minimum atomic E-state index is -0.991. The maximum absolute atomic E-state index is 11.1. The van der Waals surface area contributed by atoms with Crippen molar-refractivity contribution in [3.05, 3.63) is 0 Å². The van der Waals surface area contributed by atoms with E-state index < -0.39 is 23.4 Å². The Morgan fingerprint density at radius 1 is 1.27 bits per heavy atom. The minimum Gasteiger partial charge on any atom is -0.481 e. The molecule has 0 fully saturated rings. The Morgan fingerprint density at radius 2 is 1.73 bits per heavy atom. The molecule has 0 aromatic heterocycles. The van der Waals surface area contributed by atoms with Crippen LogP contribution in [-0.4, -0.2) is 28.2 Å². The van der Waals surface area contributed by atoms with Crippen LogP contribution in [0.5, 0.6) is 0 Å². The van der Waals surface area contributed by atoms with Crippen LogP contribution in [0.4, 0.5) is 0 Å². The van der Waals surface area contributed by atoms with Crippen LogP contribution in [0.2, 0.25) is 0 Å². The summed E-state index contributed by atoms with van der Waals surface area (Å²) in [6, 6.07) is -0.610. The first kappa shape index (κ1) is 13.9. The molecule has 0 aliphatic rings. The lowest BCUT2D eigenvalue weighted by Gasteiger charge is -2.32. The maximum Gasteiger partial charge on any atom is 0.311 e. The summed E-state index contributed by atoms with van der Waals surface area (Å²) >= 11 is 0. The lowest BCUT2D eigenvalue weighted by atomic mass is 9.74. The third kappa shape index (κ3) is 3.20. The number of carbonyl (C=O) groups is 2. The lowest BCUT2D eigenvalue weighted by molar-refractivity contribution is -0.151. The Balaban J connectivity index is 4.61. The van der Waals surface area contributed by atoms with Gasteiger partial charge >= 0.3 is 11.9 Å². The van der Waals surface area contributed by atoms with Gasteiger partial charge in [-0.3, -0.25) is 9.59 Å². The summed E-state index contributed by atoms with van der Waals surface area (Å²) in [4.78, 5) is 21.5. The fraction of sp³-hybridized carbons (Fsp3) is 0.800. The highest BCUT2D eigenvalue weighted by Crippen LogP contribution is 2.32. The van der Waals surface area contributed by atoms with Gasteiger partial charge in [0.1, 0.15) is 0 Å². The molecule has 0 saturated heterocycles. The van der Waals surface area contributed by atoms with E-state index in [-0.39, 0.29) is 12.8 Å². The van der Waals surface area contributed by atoms with Crippen molar-refractivity contribution >= 4 is 11.9 Å². The van der Waals surface area contributed by atoms with Crippen molar-refractivity contribution in [2.24, 2.45) is 11.1 Å². The van der Waals surface area contributed by atoms with E-state index in [9.17, 15) is 9.59 Å². The number of rotatable bonds is 7. The SMILES string of the molecule is CCC(CC)(C(=O)O)C(N)CCC(=O)O. The first-order chi connectivity index (χ1) is 6.90. The van der Waals surface area contributed by atoms with Gasteiger partial charge in [0.15, 0.2) is 0 Å². The van der Waals surface area contributed by atoms with E-state index in [0.717, 1.165) is 0 Å². The van der Waals surface area contributed by atoms with Gasteiger partial charge in [0.2, 0.25) is 0 Å². The van der Waals surface area contributed by atoms with E-state index >= 15 is 0 Å². The molecule has 0 heterocycles. The molecular formula is C10H19NO4. The topological polar surface area (TPSA) is 101 Å². The molecule has 5 nitrogen and oxygen atoms in total. The summed E-state index contributed by atoms with van der Waals surface area (Å²) in [6.45, 7) is 3.52. The Labute approximate surface area is 89.3 Å². The molecule has 0 bridgehead atoms. The highest BCUT2D eigenvalue weighted by Gasteiger charge is 2.40. The molecule has 0 saturated carbocycles. The van der Waals surface area contributed by atoms with Gasteiger partial charge in [-0.05, 0) is 19.3 Å². The fourth-order valence-corrected chi connectivity index (χ4v) is 1.79. The maximum atomic E-state index is 11.1. The Bertz CT molecular complexity index is 236. The van der Waals surface area contributed by atoms with Crippen molar-refractivity contribution in [1.29, 1.82) is 0 Å². The molecular weight excluding hydrogens is 198 g/mol. The summed E-state index contributed by atoms with van der Waals surface area (Å²) in [5.74, 6) is -1.89. The highest BCUT2D eigenvalue weighted by molar-refractivity contribution is 5.75. The van der Waals surface area contributed by atoms with Crippen LogP contribution in [0.3, 0.4) is 0 Å². The molecule has 88 valence electrons. The summed E-state index contributed by atoms with van der Waals surface area (Å²) in [5, 5.41) is 17.6. The van der Waals surface area contributed by atoms with Gasteiger partial charge in [0.25, 0.3) is 0 Å². The number of carboxylic acid groups (broad SMARTS) is 2. The molecule has 0 radical (unpaired) electrons. The summed E-state index contributed by atoms with van der Waals surface area (Å²) in [5.41, 5.74) is 4.79. The van der Waals surface area contributed by atoms with Crippen LogP contribution in [0.1, 0.15) is 39.5 Å². The molecule has 0 aliphatic carbocycles. The number of hydrogen-bond donors (Lipinski definition) is 3. The summed E-state index contributed by atoms with van der Waals surface area (Å²) in [7, 11) is 0. The molecule has 1 atom stereocenters. The second kappa shape index (κ2) is 5.70. The van der Waals surface area contributed by atoms with E-state index in [1.807, 2.05) is 0 Å². The minimum absolute atomic E-state index is 0.0871. The van der Waals surface area contributed by atoms with Gasteiger partial charge in [-0.15, -0.1) is 0 Å². The van der Waals surface area contributed by atoms with Crippen molar-refractivity contribution in [2.75, 3.05) is 0 Å². The van der Waals surface area contributed by atoms with Crippen molar-refractivity contribution in [3.8, 4) is 0 Å². The number of aliphatic carboxylic acids is 2. The molecule has 0 aromatic rings. The molecule has 4 N–H and O–H groups in total. The molecule has 0 spiro atoms. The third-order valence-corrected chi connectivity index (χ3v) is 3.07. The molecule has 0 rings (SSSR count). The van der Waals surface area contributed by atoms with Crippen molar-refractivity contribution in [3.63, 3.8) is 0 Å². The van der Waals surface area contributed by atoms with Gasteiger partial charge in [0, 0.05) is 12.5 Å². The zero-order valence-corrected chi connectivity index (χ0v) is 9.19. The fourth-order valence-electron chi connectivity index (χ4n) is 1.79. The van der Waals surface area contributed by atoms with E-state index in [0.29, 0.717) is 12.8 Å². The third-order valence-electron chi connectivity index (χ3n) is 3.07. The zero-order valence-electron chi connectivity index (χ0n) is 9.19. The van der Waals surface area contributed by atoms with Crippen LogP contribution >= 0.6 is 0 Å². The molecule has 0 aliphatic heterocycles. The summed E-state index contributed by atoms with van der Waals surface area (Å²) in [6.07, 6.45) is 0.943.